The Kier molecular flexibility index (Phi) is 3.85. The summed E-state index contributed by atoms with van der Waals surface area (Å²) < 4.78 is 13.7. The number of nitrogens with two attached hydrogens (primary N) is 1. The Balaban J connectivity index is 2.43. The molecule has 0 saturated carbocycles. The molecule has 18 heavy (non-hydrogen) atoms. The fraction of sp³-hybridized carbons (Fsp3) is 0. The Morgan fingerprint density at radius 3 is 2.22 bits per heavy atom. The smallest absolute Gasteiger partial charge is 0.165 e. The van der Waals surface area contributed by atoms with Crippen molar-refractivity contribution in [3.63, 3.8) is 0 Å². The van der Waals surface area contributed by atoms with Gasteiger partial charge in [0.05, 0.1) is 26.4 Å². The summed E-state index contributed by atoms with van der Waals surface area (Å²) >= 11 is 17.7. The quantitative estimate of drug-likeness (QED) is 0.756. The van der Waals surface area contributed by atoms with E-state index < -0.39 is 5.82 Å². The highest BCUT2D eigenvalue weighted by Gasteiger charge is 2.11. The first-order valence-electron chi connectivity index (χ1n) is 4.94. The lowest BCUT2D eigenvalue weighted by molar-refractivity contribution is 0.632. The van der Waals surface area contributed by atoms with Crippen molar-refractivity contribution in [2.24, 2.45) is 0 Å². The van der Waals surface area contributed by atoms with Gasteiger partial charge in [-0.1, -0.05) is 40.9 Å². The number of halogens is 4. The fourth-order valence-electron chi connectivity index (χ4n) is 1.45. The molecule has 0 saturated heterocycles. The zero-order valence-corrected chi connectivity index (χ0v) is 11.2. The summed E-state index contributed by atoms with van der Waals surface area (Å²) in [6, 6.07) is 7.65. The minimum absolute atomic E-state index is 0.0164. The van der Waals surface area contributed by atoms with Crippen LogP contribution >= 0.6 is 34.8 Å². The number of hydrogen-bond acceptors (Lipinski definition) is 2. The van der Waals surface area contributed by atoms with Gasteiger partial charge >= 0.3 is 0 Å². The first kappa shape index (κ1) is 13.3. The third-order valence-electron chi connectivity index (χ3n) is 2.28. The van der Waals surface area contributed by atoms with Crippen molar-refractivity contribution in [1.82, 2.24) is 0 Å². The molecule has 2 aromatic rings. The molecule has 2 aromatic carbocycles. The third-order valence-corrected chi connectivity index (χ3v) is 3.16. The zero-order valence-electron chi connectivity index (χ0n) is 8.98. The van der Waals surface area contributed by atoms with E-state index in [1.165, 1.54) is 24.3 Å². The van der Waals surface area contributed by atoms with Gasteiger partial charge in [0.25, 0.3) is 0 Å². The van der Waals surface area contributed by atoms with Crippen molar-refractivity contribution in [2.75, 3.05) is 11.1 Å². The van der Waals surface area contributed by atoms with Gasteiger partial charge in [-0.2, -0.15) is 0 Å². The summed E-state index contributed by atoms with van der Waals surface area (Å²) in [4.78, 5) is 0. The molecule has 0 radical (unpaired) electrons. The number of anilines is 3. The van der Waals surface area contributed by atoms with Crippen LogP contribution in [0.4, 0.5) is 21.5 Å². The maximum atomic E-state index is 13.7. The van der Waals surface area contributed by atoms with Crippen LogP contribution in [0.2, 0.25) is 15.1 Å². The van der Waals surface area contributed by atoms with E-state index >= 15 is 0 Å². The van der Waals surface area contributed by atoms with Gasteiger partial charge in [0.2, 0.25) is 0 Å². The molecule has 2 rings (SSSR count). The van der Waals surface area contributed by atoms with Gasteiger partial charge in [0, 0.05) is 5.69 Å². The van der Waals surface area contributed by atoms with Crippen LogP contribution in [0.25, 0.3) is 0 Å². The van der Waals surface area contributed by atoms with Crippen LogP contribution in [0.15, 0.2) is 30.3 Å². The summed E-state index contributed by atoms with van der Waals surface area (Å²) in [7, 11) is 0. The minimum atomic E-state index is -0.567. The van der Waals surface area contributed by atoms with Gasteiger partial charge in [-0.3, -0.25) is 0 Å². The van der Waals surface area contributed by atoms with E-state index in [9.17, 15) is 4.39 Å². The maximum Gasteiger partial charge on any atom is 0.165 e. The molecule has 0 atom stereocenters. The average molecular weight is 306 g/mol. The maximum absolute atomic E-state index is 13.7. The zero-order chi connectivity index (χ0) is 13.3. The lowest BCUT2D eigenvalue weighted by atomic mass is 10.2. The van der Waals surface area contributed by atoms with Crippen molar-refractivity contribution in [2.45, 2.75) is 0 Å². The van der Waals surface area contributed by atoms with E-state index in [-0.39, 0.29) is 10.7 Å². The van der Waals surface area contributed by atoms with Crippen LogP contribution in [-0.4, -0.2) is 0 Å². The molecule has 6 heteroatoms. The molecule has 0 amide bonds. The Hall–Kier alpha value is -1.16. The summed E-state index contributed by atoms with van der Waals surface area (Å²) in [6.07, 6.45) is 0. The van der Waals surface area contributed by atoms with E-state index in [0.29, 0.717) is 21.4 Å². The summed E-state index contributed by atoms with van der Waals surface area (Å²) in [5.41, 5.74) is 6.59. The van der Waals surface area contributed by atoms with Crippen LogP contribution in [-0.2, 0) is 0 Å². The Morgan fingerprint density at radius 2 is 1.61 bits per heavy atom. The highest BCUT2D eigenvalue weighted by Crippen LogP contribution is 2.36. The molecule has 0 fully saturated rings. The van der Waals surface area contributed by atoms with Gasteiger partial charge in [-0.15, -0.1) is 0 Å². The first-order valence-corrected chi connectivity index (χ1v) is 6.08. The lowest BCUT2D eigenvalue weighted by Gasteiger charge is -2.12. The molecule has 0 bridgehead atoms. The Labute approximate surface area is 118 Å². The lowest BCUT2D eigenvalue weighted by Crippen LogP contribution is -1.97. The average Bonchev–Trinajstić information content (AvgIpc) is 2.28. The van der Waals surface area contributed by atoms with E-state index in [1.807, 2.05) is 0 Å². The van der Waals surface area contributed by atoms with E-state index in [2.05, 4.69) is 5.32 Å². The van der Waals surface area contributed by atoms with Crippen molar-refractivity contribution in [1.29, 1.82) is 0 Å². The van der Waals surface area contributed by atoms with E-state index in [0.717, 1.165) is 0 Å². The van der Waals surface area contributed by atoms with Crippen molar-refractivity contribution >= 4 is 51.9 Å². The van der Waals surface area contributed by atoms with Crippen LogP contribution in [0.1, 0.15) is 0 Å². The molecule has 0 aliphatic carbocycles. The van der Waals surface area contributed by atoms with Crippen molar-refractivity contribution in [3.8, 4) is 0 Å². The molecule has 0 unspecified atom stereocenters. The van der Waals surface area contributed by atoms with Crippen molar-refractivity contribution in [3.05, 3.63) is 51.2 Å². The third kappa shape index (κ3) is 2.64. The van der Waals surface area contributed by atoms with E-state index in [1.54, 1.807) is 6.07 Å². The van der Waals surface area contributed by atoms with Gasteiger partial charge < -0.3 is 11.1 Å². The molecule has 0 aromatic heterocycles. The molecular weight excluding hydrogens is 298 g/mol. The highest BCUT2D eigenvalue weighted by molar-refractivity contribution is 6.39. The SMILES string of the molecule is Nc1cc(Cl)c(Nc2cccc(Cl)c2F)c(Cl)c1. The summed E-state index contributed by atoms with van der Waals surface area (Å²) in [5.74, 6) is -0.567. The normalized spacial score (nSPS) is 10.4. The highest BCUT2D eigenvalue weighted by atomic mass is 35.5. The van der Waals surface area contributed by atoms with Crippen LogP contribution in [0, 0.1) is 5.82 Å². The minimum Gasteiger partial charge on any atom is -0.399 e. The van der Waals surface area contributed by atoms with E-state index in [4.69, 9.17) is 40.5 Å². The molecule has 0 aliphatic heterocycles. The molecule has 3 N–H and O–H groups in total. The molecule has 0 spiro atoms. The fourth-order valence-corrected chi connectivity index (χ4v) is 2.22. The van der Waals surface area contributed by atoms with Gasteiger partial charge in [0.1, 0.15) is 0 Å². The monoisotopic (exact) mass is 304 g/mol. The second-order valence-corrected chi connectivity index (χ2v) is 4.81. The summed E-state index contributed by atoms with van der Waals surface area (Å²) in [5, 5.41) is 3.42. The number of rotatable bonds is 2. The number of benzene rings is 2. The van der Waals surface area contributed by atoms with Crippen LogP contribution in [0.5, 0.6) is 0 Å². The number of nitrogen functional groups attached to an aromatic ring is 1. The topological polar surface area (TPSA) is 38.0 Å². The van der Waals surface area contributed by atoms with Crippen LogP contribution < -0.4 is 11.1 Å². The Morgan fingerprint density at radius 1 is 1.00 bits per heavy atom. The summed E-state index contributed by atoms with van der Waals surface area (Å²) in [6.45, 7) is 0. The van der Waals surface area contributed by atoms with Gasteiger partial charge in [-0.05, 0) is 24.3 Å². The molecule has 2 nitrogen and oxygen atoms in total. The molecular formula is C12H8Cl3FN2. The molecule has 94 valence electrons. The second kappa shape index (κ2) is 5.22. The molecule has 0 aliphatic rings. The van der Waals surface area contributed by atoms with Crippen LogP contribution in [0.3, 0.4) is 0 Å². The first-order chi connectivity index (χ1) is 8.49. The number of hydrogen-bond donors (Lipinski definition) is 2. The van der Waals surface area contributed by atoms with Gasteiger partial charge in [0.15, 0.2) is 5.82 Å². The second-order valence-electron chi connectivity index (χ2n) is 3.59. The van der Waals surface area contributed by atoms with Crippen molar-refractivity contribution < 1.29 is 4.39 Å². The standard InChI is InChI=1S/C12H8Cl3FN2/c13-7-2-1-3-10(11(7)16)18-12-8(14)4-6(17)5-9(12)15/h1-5,18H,17H2. The predicted molar refractivity (Wildman–Crippen MR) is 75.6 cm³/mol. The predicted octanol–water partition coefficient (Wildman–Crippen LogP) is 5.11. The Bertz CT molecular complexity index is 579. The van der Waals surface area contributed by atoms with Gasteiger partial charge in [-0.25, -0.2) is 4.39 Å². The molecule has 0 heterocycles. The number of nitrogens with one attached hydrogen (secondary N) is 1. The largest absolute Gasteiger partial charge is 0.399 e.